The minimum atomic E-state index is 0.107. The minimum Gasteiger partial charge on any atom is -0.512 e. The maximum absolute atomic E-state index is 12.0. The lowest BCUT2D eigenvalue weighted by molar-refractivity contribution is -0.116. The largest absolute Gasteiger partial charge is 0.512 e. The highest BCUT2D eigenvalue weighted by Gasteiger charge is 2.20. The van der Waals surface area contributed by atoms with E-state index in [-0.39, 0.29) is 11.7 Å². The van der Waals surface area contributed by atoms with Crippen molar-refractivity contribution in [3.8, 4) is 0 Å². The van der Waals surface area contributed by atoms with Crippen LogP contribution >= 0.6 is 0 Å². The fraction of sp³-hybridized carbons (Fsp3) is 0.824. The number of rotatable bonds is 7. The Morgan fingerprint density at radius 1 is 1.26 bits per heavy atom. The Morgan fingerprint density at radius 3 is 2.42 bits per heavy atom. The Bertz CT molecular complexity index is 298. The first-order chi connectivity index (χ1) is 9.04. The standard InChI is InChI=1S/C17H30O2/c1-4-8-15(13(2)3)11-16(18)12-17(19)14-9-6-5-7-10-14/h12-15,19H,4-11H2,1-3H3. The number of allylic oxidation sites excluding steroid dienone is 2. The molecule has 1 atom stereocenters. The molecule has 1 rings (SSSR count). The van der Waals surface area contributed by atoms with Crippen molar-refractivity contribution in [3.05, 3.63) is 11.8 Å². The van der Waals surface area contributed by atoms with Crippen molar-refractivity contribution < 1.29 is 9.90 Å². The van der Waals surface area contributed by atoms with E-state index in [2.05, 4.69) is 20.8 Å². The van der Waals surface area contributed by atoms with Gasteiger partial charge in [-0.2, -0.15) is 0 Å². The quantitative estimate of drug-likeness (QED) is 0.517. The molecule has 1 N–H and O–H groups in total. The smallest absolute Gasteiger partial charge is 0.159 e. The van der Waals surface area contributed by atoms with E-state index in [1.807, 2.05) is 0 Å². The Kier molecular flexibility index (Phi) is 7.19. The molecule has 0 saturated heterocycles. The third-order valence-electron chi connectivity index (χ3n) is 4.40. The second-order valence-electron chi connectivity index (χ2n) is 6.37. The molecule has 0 radical (unpaired) electrons. The van der Waals surface area contributed by atoms with Gasteiger partial charge in [-0.15, -0.1) is 0 Å². The second kappa shape index (κ2) is 8.39. The van der Waals surface area contributed by atoms with Gasteiger partial charge in [0.15, 0.2) is 5.78 Å². The van der Waals surface area contributed by atoms with Gasteiger partial charge in [0.25, 0.3) is 0 Å². The molecule has 0 heterocycles. The van der Waals surface area contributed by atoms with Crippen LogP contribution in [0.25, 0.3) is 0 Å². The van der Waals surface area contributed by atoms with Crippen LogP contribution in [0.1, 0.15) is 72.1 Å². The summed E-state index contributed by atoms with van der Waals surface area (Å²) in [5.41, 5.74) is 0. The van der Waals surface area contributed by atoms with E-state index in [1.54, 1.807) is 0 Å². The molecule has 0 aromatic rings. The number of ketones is 1. The third kappa shape index (κ3) is 5.80. The molecular weight excluding hydrogens is 236 g/mol. The molecule has 2 heteroatoms. The predicted octanol–water partition coefficient (Wildman–Crippen LogP) is 5.04. The number of carbonyl (C=O) groups excluding carboxylic acids is 1. The average molecular weight is 266 g/mol. The maximum Gasteiger partial charge on any atom is 0.159 e. The van der Waals surface area contributed by atoms with E-state index in [0.717, 1.165) is 25.7 Å². The first-order valence-electron chi connectivity index (χ1n) is 7.98. The Labute approximate surface area is 118 Å². The molecule has 1 saturated carbocycles. The van der Waals surface area contributed by atoms with Gasteiger partial charge >= 0.3 is 0 Å². The summed E-state index contributed by atoms with van der Waals surface area (Å²) in [7, 11) is 0. The fourth-order valence-electron chi connectivity index (χ4n) is 3.04. The molecule has 2 nitrogen and oxygen atoms in total. The van der Waals surface area contributed by atoms with Gasteiger partial charge in [-0.3, -0.25) is 4.79 Å². The van der Waals surface area contributed by atoms with Crippen LogP contribution in [0.15, 0.2) is 11.8 Å². The van der Waals surface area contributed by atoms with Gasteiger partial charge in [0, 0.05) is 18.4 Å². The van der Waals surface area contributed by atoms with Crippen molar-refractivity contribution in [2.75, 3.05) is 0 Å². The van der Waals surface area contributed by atoms with Gasteiger partial charge in [-0.25, -0.2) is 0 Å². The number of aliphatic hydroxyl groups excluding tert-OH is 1. The fourth-order valence-corrected chi connectivity index (χ4v) is 3.04. The van der Waals surface area contributed by atoms with E-state index >= 15 is 0 Å². The minimum absolute atomic E-state index is 0.107. The van der Waals surface area contributed by atoms with Gasteiger partial charge in [0.2, 0.25) is 0 Å². The summed E-state index contributed by atoms with van der Waals surface area (Å²) in [6.07, 6.45) is 10.0. The van der Waals surface area contributed by atoms with Crippen molar-refractivity contribution in [1.82, 2.24) is 0 Å². The average Bonchev–Trinajstić information content (AvgIpc) is 2.39. The van der Waals surface area contributed by atoms with Crippen LogP contribution in [0.5, 0.6) is 0 Å². The third-order valence-corrected chi connectivity index (χ3v) is 4.40. The Morgan fingerprint density at radius 2 is 1.89 bits per heavy atom. The van der Waals surface area contributed by atoms with Crippen LogP contribution in [0.2, 0.25) is 0 Å². The number of carbonyl (C=O) groups is 1. The van der Waals surface area contributed by atoms with E-state index in [0.29, 0.717) is 24.0 Å². The molecule has 19 heavy (non-hydrogen) atoms. The van der Waals surface area contributed by atoms with Crippen LogP contribution in [-0.2, 0) is 4.79 Å². The Hall–Kier alpha value is -0.790. The summed E-state index contributed by atoms with van der Waals surface area (Å²) in [6.45, 7) is 6.52. The van der Waals surface area contributed by atoms with E-state index in [1.165, 1.54) is 25.3 Å². The molecule has 0 aromatic heterocycles. The molecule has 0 bridgehead atoms. The number of hydrogen-bond donors (Lipinski definition) is 1. The zero-order valence-corrected chi connectivity index (χ0v) is 12.8. The lowest BCUT2D eigenvalue weighted by Gasteiger charge is -2.21. The van der Waals surface area contributed by atoms with Gasteiger partial charge in [0.05, 0.1) is 5.76 Å². The van der Waals surface area contributed by atoms with Crippen LogP contribution in [0, 0.1) is 17.8 Å². The lowest BCUT2D eigenvalue weighted by atomic mass is 9.85. The van der Waals surface area contributed by atoms with Gasteiger partial charge < -0.3 is 5.11 Å². The highest BCUT2D eigenvalue weighted by atomic mass is 16.3. The van der Waals surface area contributed by atoms with Crippen molar-refractivity contribution >= 4 is 5.78 Å². The first kappa shape index (κ1) is 16.3. The molecule has 110 valence electrons. The van der Waals surface area contributed by atoms with E-state index in [9.17, 15) is 9.90 Å². The molecule has 0 amide bonds. The highest BCUT2D eigenvalue weighted by Crippen LogP contribution is 2.29. The van der Waals surface area contributed by atoms with Gasteiger partial charge in [0.1, 0.15) is 0 Å². The van der Waals surface area contributed by atoms with E-state index < -0.39 is 0 Å². The topological polar surface area (TPSA) is 37.3 Å². The Balaban J connectivity index is 2.51. The maximum atomic E-state index is 12.0. The molecule has 0 spiro atoms. The van der Waals surface area contributed by atoms with Gasteiger partial charge in [-0.05, 0) is 24.7 Å². The van der Waals surface area contributed by atoms with Crippen molar-refractivity contribution in [2.45, 2.75) is 72.1 Å². The van der Waals surface area contributed by atoms with Crippen molar-refractivity contribution in [3.63, 3.8) is 0 Å². The second-order valence-corrected chi connectivity index (χ2v) is 6.37. The van der Waals surface area contributed by atoms with Crippen molar-refractivity contribution in [2.24, 2.45) is 17.8 Å². The number of hydrogen-bond acceptors (Lipinski definition) is 2. The molecule has 1 fully saturated rings. The first-order valence-corrected chi connectivity index (χ1v) is 7.98. The van der Waals surface area contributed by atoms with Gasteiger partial charge in [-0.1, -0.05) is 52.9 Å². The lowest BCUT2D eigenvalue weighted by Crippen LogP contribution is -2.15. The SMILES string of the molecule is CCCC(CC(=O)C=C(O)C1CCCCC1)C(C)C. The normalized spacial score (nSPS) is 19.7. The van der Waals surface area contributed by atoms with Crippen LogP contribution in [0.4, 0.5) is 0 Å². The summed E-state index contributed by atoms with van der Waals surface area (Å²) in [6, 6.07) is 0. The van der Waals surface area contributed by atoms with Crippen molar-refractivity contribution in [1.29, 1.82) is 0 Å². The monoisotopic (exact) mass is 266 g/mol. The van der Waals surface area contributed by atoms with E-state index in [4.69, 9.17) is 0 Å². The summed E-state index contributed by atoms with van der Waals surface area (Å²) in [4.78, 5) is 12.0. The highest BCUT2D eigenvalue weighted by molar-refractivity contribution is 5.90. The van der Waals surface area contributed by atoms with Crippen LogP contribution < -0.4 is 0 Å². The van der Waals surface area contributed by atoms with Crippen LogP contribution in [0.3, 0.4) is 0 Å². The molecule has 0 aliphatic heterocycles. The predicted molar refractivity (Wildman–Crippen MR) is 80.1 cm³/mol. The molecular formula is C17H30O2. The summed E-state index contributed by atoms with van der Waals surface area (Å²) in [5, 5.41) is 10.1. The summed E-state index contributed by atoms with van der Waals surface area (Å²) in [5.74, 6) is 1.67. The molecule has 1 aliphatic carbocycles. The molecule has 1 unspecified atom stereocenters. The zero-order valence-electron chi connectivity index (χ0n) is 12.8. The molecule has 0 aromatic carbocycles. The molecule has 1 aliphatic rings. The number of aliphatic hydroxyl groups is 1. The van der Waals surface area contributed by atoms with Crippen LogP contribution in [-0.4, -0.2) is 10.9 Å². The summed E-state index contributed by atoms with van der Waals surface area (Å²) >= 11 is 0. The summed E-state index contributed by atoms with van der Waals surface area (Å²) < 4.78 is 0. The zero-order chi connectivity index (χ0) is 14.3.